The average Bonchev–Trinajstić information content (AvgIpc) is 2.87. The van der Waals surface area contributed by atoms with E-state index in [-0.39, 0.29) is 11.5 Å². The lowest BCUT2D eigenvalue weighted by atomic mass is 10.1. The van der Waals surface area contributed by atoms with Crippen LogP contribution in [-0.2, 0) is 9.59 Å². The number of halogens is 1. The van der Waals surface area contributed by atoms with Crippen LogP contribution < -0.4 is 25.0 Å². The van der Waals surface area contributed by atoms with Crippen LogP contribution in [0.4, 0.5) is 5.69 Å². The van der Waals surface area contributed by atoms with E-state index in [0.717, 1.165) is 0 Å². The van der Waals surface area contributed by atoms with Gasteiger partial charge in [0.25, 0.3) is 0 Å². The third-order valence-corrected chi connectivity index (χ3v) is 5.46. The van der Waals surface area contributed by atoms with E-state index in [1.165, 1.54) is 14.2 Å². The zero-order chi connectivity index (χ0) is 25.4. The fourth-order valence-corrected chi connectivity index (χ4v) is 3.38. The number of benzene rings is 3. The van der Waals surface area contributed by atoms with Gasteiger partial charge in [-0.25, -0.2) is 10.2 Å². The van der Waals surface area contributed by atoms with Crippen LogP contribution in [0.2, 0.25) is 0 Å². The van der Waals surface area contributed by atoms with Crippen LogP contribution in [0, 0.1) is 0 Å². The number of ether oxygens (including phenoxy) is 3. The first kappa shape index (κ1) is 25.4. The molecular weight excluding hydrogens is 518 g/mol. The van der Waals surface area contributed by atoms with Gasteiger partial charge in [0, 0.05) is 10.0 Å². The minimum atomic E-state index is -0.957. The molecule has 35 heavy (non-hydrogen) atoms. The van der Waals surface area contributed by atoms with E-state index in [1.54, 1.807) is 73.7 Å². The molecule has 0 saturated carbocycles. The molecule has 3 rings (SSSR count). The first-order valence-electron chi connectivity index (χ1n) is 10.3. The van der Waals surface area contributed by atoms with Crippen molar-refractivity contribution < 1.29 is 28.6 Å². The maximum absolute atomic E-state index is 12.5. The van der Waals surface area contributed by atoms with Crippen molar-refractivity contribution in [3.05, 3.63) is 82.3 Å². The van der Waals surface area contributed by atoms with Crippen molar-refractivity contribution in [2.75, 3.05) is 19.5 Å². The molecule has 0 radical (unpaired) electrons. The van der Waals surface area contributed by atoms with E-state index in [9.17, 15) is 14.4 Å². The second-order valence-electron chi connectivity index (χ2n) is 7.03. The Morgan fingerprint density at radius 3 is 2.23 bits per heavy atom. The lowest BCUT2D eigenvalue weighted by Gasteiger charge is -2.12. The van der Waals surface area contributed by atoms with Crippen LogP contribution in [0.1, 0.15) is 22.8 Å². The number of nitrogens with zero attached hydrogens (tertiary/aromatic N) is 1. The Hall–Kier alpha value is -4.18. The van der Waals surface area contributed by atoms with Gasteiger partial charge >= 0.3 is 17.8 Å². The number of para-hydroxylation sites is 2. The Labute approximate surface area is 210 Å². The van der Waals surface area contributed by atoms with Crippen LogP contribution in [0.15, 0.2) is 76.3 Å². The number of hydrazone groups is 1. The topological polar surface area (TPSA) is 115 Å². The van der Waals surface area contributed by atoms with Crippen molar-refractivity contribution in [3.63, 3.8) is 0 Å². The molecule has 10 heteroatoms. The highest BCUT2D eigenvalue weighted by atomic mass is 79.9. The number of carbonyl (C=O) groups is 3. The van der Waals surface area contributed by atoms with E-state index >= 15 is 0 Å². The summed E-state index contributed by atoms with van der Waals surface area (Å²) in [5.74, 6) is -1.50. The molecule has 0 bridgehead atoms. The lowest BCUT2D eigenvalue weighted by molar-refractivity contribution is -0.136. The predicted molar refractivity (Wildman–Crippen MR) is 134 cm³/mol. The van der Waals surface area contributed by atoms with Crippen LogP contribution in [0.3, 0.4) is 0 Å². The first-order chi connectivity index (χ1) is 16.8. The van der Waals surface area contributed by atoms with E-state index in [4.69, 9.17) is 14.2 Å². The predicted octanol–water partition coefficient (Wildman–Crippen LogP) is 4.16. The summed E-state index contributed by atoms with van der Waals surface area (Å²) in [4.78, 5) is 36.9. The largest absolute Gasteiger partial charge is 0.495 e. The zero-order valence-electron chi connectivity index (χ0n) is 19.1. The molecule has 0 aliphatic rings. The normalized spacial score (nSPS) is 10.8. The van der Waals surface area contributed by atoms with Gasteiger partial charge < -0.3 is 19.5 Å². The summed E-state index contributed by atoms with van der Waals surface area (Å²) in [5, 5.41) is 6.45. The molecule has 0 spiro atoms. The Morgan fingerprint density at radius 1 is 0.829 bits per heavy atom. The number of rotatable bonds is 7. The van der Waals surface area contributed by atoms with Crippen LogP contribution in [-0.4, -0.2) is 37.7 Å². The monoisotopic (exact) mass is 539 g/mol. The number of nitrogens with one attached hydrogen (secondary N) is 2. The van der Waals surface area contributed by atoms with Crippen molar-refractivity contribution in [2.45, 2.75) is 6.92 Å². The Morgan fingerprint density at radius 2 is 1.51 bits per heavy atom. The Kier molecular flexibility index (Phi) is 8.58. The maximum atomic E-state index is 12.5. The highest BCUT2D eigenvalue weighted by Crippen LogP contribution is 2.30. The summed E-state index contributed by atoms with van der Waals surface area (Å²) in [7, 11) is 2.89. The van der Waals surface area contributed by atoms with E-state index in [0.29, 0.717) is 32.7 Å². The van der Waals surface area contributed by atoms with Gasteiger partial charge in [-0.1, -0.05) is 24.3 Å². The quantitative estimate of drug-likeness (QED) is 0.153. The molecule has 9 nitrogen and oxygen atoms in total. The summed E-state index contributed by atoms with van der Waals surface area (Å²) < 4.78 is 16.6. The van der Waals surface area contributed by atoms with E-state index in [2.05, 4.69) is 31.8 Å². The standard InChI is InChI=1S/C25H22BrN3O6/c1-15(28-29-24(31)23(30)27-19-10-6-7-11-20(19)33-2)16-12-13-21(22(14-16)34-3)35-25(32)17-8-4-5-9-18(17)26/h4-14H,1-3H3,(H,27,30)(H,29,31)/b28-15+. The molecule has 3 aromatic rings. The van der Waals surface area contributed by atoms with Crippen LogP contribution >= 0.6 is 15.9 Å². The molecule has 0 saturated heterocycles. The van der Waals surface area contributed by atoms with Gasteiger partial charge in [0.2, 0.25) is 0 Å². The molecule has 3 aromatic carbocycles. The number of amides is 2. The summed E-state index contributed by atoms with van der Waals surface area (Å²) in [6.07, 6.45) is 0. The highest BCUT2D eigenvalue weighted by molar-refractivity contribution is 9.10. The second kappa shape index (κ2) is 11.8. The molecule has 180 valence electrons. The minimum absolute atomic E-state index is 0.213. The smallest absolute Gasteiger partial charge is 0.344 e. The van der Waals surface area contributed by atoms with Crippen molar-refractivity contribution >= 4 is 45.1 Å². The summed E-state index contributed by atoms with van der Waals surface area (Å²) >= 11 is 3.32. The Balaban J connectivity index is 1.68. The van der Waals surface area contributed by atoms with E-state index < -0.39 is 17.8 Å². The zero-order valence-corrected chi connectivity index (χ0v) is 20.7. The molecule has 0 aromatic heterocycles. The Bertz CT molecular complexity index is 1290. The molecule has 0 aliphatic heterocycles. The van der Waals surface area contributed by atoms with Crippen molar-refractivity contribution in [2.24, 2.45) is 5.10 Å². The minimum Gasteiger partial charge on any atom is -0.495 e. The lowest BCUT2D eigenvalue weighted by Crippen LogP contribution is -2.33. The van der Waals surface area contributed by atoms with Crippen LogP contribution in [0.25, 0.3) is 0 Å². The number of esters is 1. The maximum Gasteiger partial charge on any atom is 0.344 e. The summed E-state index contributed by atoms with van der Waals surface area (Å²) in [5.41, 5.74) is 3.91. The SMILES string of the molecule is COc1ccccc1NC(=O)C(=O)N/N=C(\C)c1ccc(OC(=O)c2ccccc2Br)c(OC)c1. The average molecular weight is 540 g/mol. The third-order valence-electron chi connectivity index (χ3n) is 4.76. The van der Waals surface area contributed by atoms with Gasteiger partial charge in [-0.2, -0.15) is 5.10 Å². The molecule has 2 amide bonds. The molecule has 2 N–H and O–H groups in total. The van der Waals surface area contributed by atoms with Gasteiger partial charge in [-0.3, -0.25) is 9.59 Å². The molecule has 0 atom stereocenters. The highest BCUT2D eigenvalue weighted by Gasteiger charge is 2.17. The van der Waals surface area contributed by atoms with Gasteiger partial charge in [-0.05, 0) is 65.3 Å². The number of carbonyl (C=O) groups excluding carboxylic acids is 3. The summed E-state index contributed by atoms with van der Waals surface area (Å²) in [6.45, 7) is 1.64. The van der Waals surface area contributed by atoms with Crippen molar-refractivity contribution in [3.8, 4) is 17.2 Å². The molecule has 0 heterocycles. The van der Waals surface area contributed by atoms with Gasteiger partial charge in [0.05, 0.1) is 31.2 Å². The fourth-order valence-electron chi connectivity index (χ4n) is 2.94. The van der Waals surface area contributed by atoms with Gasteiger partial charge in [-0.15, -0.1) is 0 Å². The number of anilines is 1. The molecular formula is C25H22BrN3O6. The van der Waals surface area contributed by atoms with Gasteiger partial charge in [0.15, 0.2) is 11.5 Å². The number of hydrogen-bond donors (Lipinski definition) is 2. The number of hydrogen-bond acceptors (Lipinski definition) is 7. The molecule has 0 fully saturated rings. The fraction of sp³-hybridized carbons (Fsp3) is 0.120. The number of methoxy groups -OCH3 is 2. The first-order valence-corrected chi connectivity index (χ1v) is 11.1. The third kappa shape index (κ3) is 6.45. The molecule has 0 aliphatic carbocycles. The van der Waals surface area contributed by atoms with Gasteiger partial charge in [0.1, 0.15) is 5.75 Å². The summed E-state index contributed by atoms with van der Waals surface area (Å²) in [6, 6.07) is 18.4. The van der Waals surface area contributed by atoms with E-state index in [1.807, 2.05) is 0 Å². The van der Waals surface area contributed by atoms with Crippen molar-refractivity contribution in [1.29, 1.82) is 0 Å². The van der Waals surface area contributed by atoms with Crippen LogP contribution in [0.5, 0.6) is 17.2 Å². The van der Waals surface area contributed by atoms with Crippen molar-refractivity contribution in [1.82, 2.24) is 5.43 Å². The molecule has 0 unspecified atom stereocenters. The second-order valence-corrected chi connectivity index (χ2v) is 7.88.